The Morgan fingerprint density at radius 3 is 1.97 bits per heavy atom. The number of rotatable bonds is 9. The van der Waals surface area contributed by atoms with Gasteiger partial charge in [0.25, 0.3) is 5.91 Å². The molecule has 0 aliphatic heterocycles. The highest BCUT2D eigenvalue weighted by atomic mass is 32.2. The molecule has 0 aliphatic carbocycles. The van der Waals surface area contributed by atoms with Crippen LogP contribution < -0.4 is 15.4 Å². The molecule has 0 spiro atoms. The van der Waals surface area contributed by atoms with Gasteiger partial charge in [0.05, 0.1) is 25.0 Å². The minimum Gasteiger partial charge on any atom is -0.497 e. The van der Waals surface area contributed by atoms with Gasteiger partial charge in [-0.2, -0.15) is 0 Å². The van der Waals surface area contributed by atoms with Crippen LogP contribution in [0.25, 0.3) is 0 Å². The predicted octanol–water partition coefficient (Wildman–Crippen LogP) is 4.86. The first-order valence-electron chi connectivity index (χ1n) is 10.2. The third-order valence-electron chi connectivity index (χ3n) is 4.51. The zero-order valence-corrected chi connectivity index (χ0v) is 19.1. The van der Waals surface area contributed by atoms with Crippen LogP contribution in [0.3, 0.4) is 0 Å². The second-order valence-corrected chi connectivity index (χ2v) is 7.89. The highest BCUT2D eigenvalue weighted by Gasteiger charge is 2.09. The molecule has 8 heteroatoms. The lowest BCUT2D eigenvalue weighted by Crippen LogP contribution is -2.14. The van der Waals surface area contributed by atoms with Gasteiger partial charge in [0.2, 0.25) is 5.91 Å². The van der Waals surface area contributed by atoms with Crippen LogP contribution in [0.4, 0.5) is 11.4 Å². The second kappa shape index (κ2) is 11.7. The van der Waals surface area contributed by atoms with Gasteiger partial charge in [0, 0.05) is 21.8 Å². The van der Waals surface area contributed by atoms with E-state index in [0.29, 0.717) is 34.9 Å². The van der Waals surface area contributed by atoms with Crippen molar-refractivity contribution >= 4 is 40.9 Å². The van der Waals surface area contributed by atoms with Crippen LogP contribution in [-0.4, -0.2) is 37.3 Å². The van der Waals surface area contributed by atoms with E-state index in [2.05, 4.69) is 10.6 Å². The first-order chi connectivity index (χ1) is 16.0. The van der Waals surface area contributed by atoms with Crippen LogP contribution in [0.15, 0.2) is 77.7 Å². The Labute approximate surface area is 196 Å². The minimum atomic E-state index is -0.394. The molecule has 2 N–H and O–H groups in total. The van der Waals surface area contributed by atoms with Crippen molar-refractivity contribution in [3.05, 3.63) is 83.9 Å². The molecule has 0 aromatic heterocycles. The Bertz CT molecular complexity index is 1100. The number of anilines is 2. The van der Waals surface area contributed by atoms with Crippen molar-refractivity contribution in [3.63, 3.8) is 0 Å². The molecule has 0 unspecified atom stereocenters. The van der Waals surface area contributed by atoms with Gasteiger partial charge in [0.1, 0.15) is 5.75 Å². The summed E-state index contributed by atoms with van der Waals surface area (Å²) < 4.78 is 10.0. The van der Waals surface area contributed by atoms with Gasteiger partial charge >= 0.3 is 5.97 Å². The molecule has 0 aliphatic rings. The Balaban J connectivity index is 1.47. The van der Waals surface area contributed by atoms with Gasteiger partial charge in [-0.25, -0.2) is 4.79 Å². The van der Waals surface area contributed by atoms with Crippen molar-refractivity contribution in [2.24, 2.45) is 0 Å². The summed E-state index contributed by atoms with van der Waals surface area (Å²) in [6, 6.07) is 20.7. The lowest BCUT2D eigenvalue weighted by Gasteiger charge is -2.08. The maximum absolute atomic E-state index is 12.3. The van der Waals surface area contributed by atoms with Crippen LogP contribution in [0, 0.1) is 0 Å². The third kappa shape index (κ3) is 7.11. The zero-order valence-electron chi connectivity index (χ0n) is 18.3. The van der Waals surface area contributed by atoms with E-state index in [0.717, 1.165) is 4.90 Å². The number of nitrogens with one attached hydrogen (secondary N) is 2. The summed E-state index contributed by atoms with van der Waals surface area (Å²) in [5.74, 6) is 0.129. The van der Waals surface area contributed by atoms with E-state index in [1.165, 1.54) is 11.8 Å². The molecule has 0 fully saturated rings. The van der Waals surface area contributed by atoms with E-state index in [4.69, 9.17) is 9.47 Å². The normalized spacial score (nSPS) is 10.2. The molecule has 2 amide bonds. The predicted molar refractivity (Wildman–Crippen MR) is 129 cm³/mol. The minimum absolute atomic E-state index is 0.166. The van der Waals surface area contributed by atoms with Crippen molar-refractivity contribution in [2.75, 3.05) is 30.1 Å². The van der Waals surface area contributed by atoms with Crippen molar-refractivity contribution in [1.29, 1.82) is 0 Å². The maximum Gasteiger partial charge on any atom is 0.338 e. The van der Waals surface area contributed by atoms with E-state index in [9.17, 15) is 14.4 Å². The maximum atomic E-state index is 12.3. The topological polar surface area (TPSA) is 93.7 Å². The van der Waals surface area contributed by atoms with Crippen LogP contribution in [0.5, 0.6) is 5.75 Å². The number of ether oxygens (including phenoxy) is 2. The molecular weight excluding hydrogens is 440 g/mol. The lowest BCUT2D eigenvalue weighted by molar-refractivity contribution is -0.113. The van der Waals surface area contributed by atoms with E-state index in [1.54, 1.807) is 74.7 Å². The summed E-state index contributed by atoms with van der Waals surface area (Å²) in [7, 11) is 1.57. The number of hydrogen-bond acceptors (Lipinski definition) is 6. The van der Waals surface area contributed by atoms with Crippen LogP contribution in [0.2, 0.25) is 0 Å². The monoisotopic (exact) mass is 464 g/mol. The third-order valence-corrected chi connectivity index (χ3v) is 5.53. The van der Waals surface area contributed by atoms with Crippen LogP contribution >= 0.6 is 11.8 Å². The van der Waals surface area contributed by atoms with E-state index < -0.39 is 5.97 Å². The molecule has 33 heavy (non-hydrogen) atoms. The number of amides is 2. The van der Waals surface area contributed by atoms with Gasteiger partial charge in [0.15, 0.2) is 0 Å². The average Bonchev–Trinajstić information content (AvgIpc) is 2.84. The summed E-state index contributed by atoms with van der Waals surface area (Å²) in [6.45, 7) is 2.06. The molecular formula is C25H24N2O5S. The molecule has 7 nitrogen and oxygen atoms in total. The number of hydrogen-bond donors (Lipinski definition) is 2. The molecule has 0 atom stereocenters. The molecule has 0 bridgehead atoms. The molecule has 170 valence electrons. The number of benzene rings is 3. The first-order valence-corrected chi connectivity index (χ1v) is 11.2. The number of carbonyl (C=O) groups is 3. The highest BCUT2D eigenvalue weighted by molar-refractivity contribution is 8.00. The lowest BCUT2D eigenvalue weighted by atomic mass is 10.2. The van der Waals surface area contributed by atoms with Crippen molar-refractivity contribution in [1.82, 2.24) is 0 Å². The average molecular weight is 465 g/mol. The van der Waals surface area contributed by atoms with Crippen LogP contribution in [-0.2, 0) is 9.53 Å². The molecule has 0 radical (unpaired) electrons. The second-order valence-electron chi connectivity index (χ2n) is 6.84. The van der Waals surface area contributed by atoms with Gasteiger partial charge in [-0.05, 0) is 79.7 Å². The first kappa shape index (κ1) is 23.9. The molecule has 3 aromatic carbocycles. The Morgan fingerprint density at radius 2 is 1.36 bits per heavy atom. The summed E-state index contributed by atoms with van der Waals surface area (Å²) >= 11 is 1.38. The summed E-state index contributed by atoms with van der Waals surface area (Å²) in [4.78, 5) is 37.1. The fourth-order valence-corrected chi connectivity index (χ4v) is 3.53. The number of carbonyl (C=O) groups excluding carboxylic acids is 3. The van der Waals surface area contributed by atoms with E-state index in [-0.39, 0.29) is 17.6 Å². The van der Waals surface area contributed by atoms with Gasteiger partial charge < -0.3 is 20.1 Å². The molecule has 0 saturated heterocycles. The zero-order chi connectivity index (χ0) is 23.6. The Hall–Kier alpha value is -3.78. The Morgan fingerprint density at radius 1 is 0.788 bits per heavy atom. The number of methoxy groups -OCH3 is 1. The molecule has 3 rings (SSSR count). The fraction of sp³-hybridized carbons (Fsp3) is 0.160. The summed E-state index contributed by atoms with van der Waals surface area (Å²) in [6.07, 6.45) is 0. The van der Waals surface area contributed by atoms with Crippen molar-refractivity contribution in [2.45, 2.75) is 11.8 Å². The van der Waals surface area contributed by atoms with Gasteiger partial charge in [-0.3, -0.25) is 9.59 Å². The molecule has 0 saturated carbocycles. The van der Waals surface area contributed by atoms with E-state index in [1.807, 2.05) is 12.1 Å². The smallest absolute Gasteiger partial charge is 0.338 e. The number of esters is 1. The number of thioether (sulfide) groups is 1. The van der Waals surface area contributed by atoms with Crippen molar-refractivity contribution < 1.29 is 23.9 Å². The highest BCUT2D eigenvalue weighted by Crippen LogP contribution is 2.21. The van der Waals surface area contributed by atoms with E-state index >= 15 is 0 Å². The molecule has 3 aromatic rings. The van der Waals surface area contributed by atoms with Gasteiger partial charge in [-0.1, -0.05) is 0 Å². The van der Waals surface area contributed by atoms with Crippen LogP contribution in [0.1, 0.15) is 27.6 Å². The molecule has 0 heterocycles. The van der Waals surface area contributed by atoms with Gasteiger partial charge in [-0.15, -0.1) is 11.8 Å². The largest absolute Gasteiger partial charge is 0.497 e. The van der Waals surface area contributed by atoms with Crippen molar-refractivity contribution in [3.8, 4) is 5.75 Å². The fourth-order valence-electron chi connectivity index (χ4n) is 2.83. The SMILES string of the molecule is CCOC(=O)c1ccc(NC(=O)CSc2ccc(NC(=O)c3ccc(OC)cc3)cc2)cc1. The summed E-state index contributed by atoms with van der Waals surface area (Å²) in [5, 5.41) is 5.64. The summed E-state index contributed by atoms with van der Waals surface area (Å²) in [5.41, 5.74) is 2.22. The Kier molecular flexibility index (Phi) is 8.49. The standard InChI is InChI=1S/C25H24N2O5S/c1-3-32-25(30)18-4-8-19(9-5-18)26-23(28)16-33-22-14-10-20(11-15-22)27-24(29)17-6-12-21(31-2)13-7-17/h4-15H,3,16H2,1-2H3,(H,26,28)(H,27,29). The quantitative estimate of drug-likeness (QED) is 0.347.